The number of ether oxygens (including phenoxy) is 1. The fraction of sp³-hybridized carbons (Fsp3) is 0.909. The minimum Gasteiger partial charge on any atom is -0.442 e. The molecular weight excluding hydrogens is 210 g/mol. The molecule has 5 nitrogen and oxygen atoms in total. The summed E-state index contributed by atoms with van der Waals surface area (Å²) in [6.07, 6.45) is 2.05. The van der Waals surface area contributed by atoms with Gasteiger partial charge in [-0.2, -0.15) is 5.48 Å². The second kappa shape index (κ2) is 5.50. The molecule has 0 aromatic carbocycles. The van der Waals surface area contributed by atoms with Crippen LogP contribution in [0, 0.1) is 5.92 Å². The number of nitrogens with one attached hydrogen (secondary N) is 1. The maximum atomic E-state index is 11.3. The Morgan fingerprint density at radius 1 is 1.50 bits per heavy atom. The second-order valence-electron chi connectivity index (χ2n) is 5.11. The molecule has 0 aliphatic heterocycles. The molecule has 0 bridgehead atoms. The Hall–Kier alpha value is -0.810. The van der Waals surface area contributed by atoms with E-state index in [4.69, 9.17) is 14.7 Å². The van der Waals surface area contributed by atoms with E-state index in [9.17, 15) is 4.79 Å². The van der Waals surface area contributed by atoms with Crippen molar-refractivity contribution in [3.63, 3.8) is 0 Å². The standard InChI is InChI=1S/C11H21NO4/c1-11(2,3)15-10(14)12-16-9(6-7-13)8-4-5-8/h8-9,13H,4-7H2,1-3H3,(H,12,14). The molecule has 94 valence electrons. The van der Waals surface area contributed by atoms with Gasteiger partial charge in [0.25, 0.3) is 0 Å². The molecule has 1 unspecified atom stereocenters. The minimum atomic E-state index is -0.587. The zero-order chi connectivity index (χ0) is 12.2. The smallest absolute Gasteiger partial charge is 0.431 e. The Bertz CT molecular complexity index is 233. The largest absolute Gasteiger partial charge is 0.442 e. The lowest BCUT2D eigenvalue weighted by atomic mass is 10.2. The maximum Gasteiger partial charge on any atom is 0.431 e. The van der Waals surface area contributed by atoms with E-state index in [1.807, 2.05) is 0 Å². The van der Waals surface area contributed by atoms with Crippen LogP contribution in [0.3, 0.4) is 0 Å². The van der Waals surface area contributed by atoms with Crippen LogP contribution in [0.25, 0.3) is 0 Å². The lowest BCUT2D eigenvalue weighted by molar-refractivity contribution is -0.0568. The topological polar surface area (TPSA) is 67.8 Å². The third-order valence-electron chi connectivity index (χ3n) is 2.25. The van der Waals surface area contributed by atoms with Crippen molar-refractivity contribution in [3.05, 3.63) is 0 Å². The summed E-state index contributed by atoms with van der Waals surface area (Å²) in [4.78, 5) is 16.5. The van der Waals surface area contributed by atoms with E-state index in [0.29, 0.717) is 12.3 Å². The summed E-state index contributed by atoms with van der Waals surface area (Å²) in [7, 11) is 0. The van der Waals surface area contributed by atoms with Gasteiger partial charge in [-0.05, 0) is 46.0 Å². The zero-order valence-corrected chi connectivity index (χ0v) is 10.2. The van der Waals surface area contributed by atoms with Crippen LogP contribution in [0.1, 0.15) is 40.0 Å². The van der Waals surface area contributed by atoms with Crippen LogP contribution in [0.5, 0.6) is 0 Å². The molecule has 0 spiro atoms. The molecule has 0 aromatic rings. The number of hydroxylamine groups is 1. The Labute approximate surface area is 96.1 Å². The third-order valence-corrected chi connectivity index (χ3v) is 2.25. The SMILES string of the molecule is CC(C)(C)OC(=O)NOC(CCO)C1CC1. The van der Waals surface area contributed by atoms with Crippen LogP contribution in [0.15, 0.2) is 0 Å². The summed E-state index contributed by atoms with van der Waals surface area (Å²) in [5.41, 5.74) is 1.74. The molecule has 16 heavy (non-hydrogen) atoms. The summed E-state index contributed by atoms with van der Waals surface area (Å²) < 4.78 is 5.03. The van der Waals surface area contributed by atoms with E-state index in [2.05, 4.69) is 5.48 Å². The molecule has 5 heteroatoms. The summed E-state index contributed by atoms with van der Waals surface area (Å²) in [5, 5.41) is 8.84. The van der Waals surface area contributed by atoms with E-state index < -0.39 is 11.7 Å². The summed E-state index contributed by atoms with van der Waals surface area (Å²) >= 11 is 0. The van der Waals surface area contributed by atoms with Gasteiger partial charge in [0.05, 0.1) is 6.10 Å². The van der Waals surface area contributed by atoms with Gasteiger partial charge < -0.3 is 9.84 Å². The van der Waals surface area contributed by atoms with E-state index >= 15 is 0 Å². The van der Waals surface area contributed by atoms with Gasteiger partial charge >= 0.3 is 6.09 Å². The average molecular weight is 231 g/mol. The molecule has 1 atom stereocenters. The predicted octanol–water partition coefficient (Wildman–Crippen LogP) is 1.60. The van der Waals surface area contributed by atoms with Gasteiger partial charge in [-0.3, -0.25) is 4.84 Å². The second-order valence-corrected chi connectivity index (χ2v) is 5.11. The lowest BCUT2D eigenvalue weighted by Crippen LogP contribution is -2.36. The molecule has 0 aromatic heterocycles. The van der Waals surface area contributed by atoms with Gasteiger partial charge in [0.15, 0.2) is 0 Å². The number of hydrogen-bond donors (Lipinski definition) is 2. The first-order valence-electron chi connectivity index (χ1n) is 5.68. The van der Waals surface area contributed by atoms with Gasteiger partial charge in [-0.25, -0.2) is 4.79 Å². The highest BCUT2D eigenvalue weighted by Gasteiger charge is 2.32. The molecule has 1 fully saturated rings. The normalized spacial score (nSPS) is 18.0. The van der Waals surface area contributed by atoms with Crippen LogP contribution in [0.4, 0.5) is 4.79 Å². The van der Waals surface area contributed by atoms with Crippen molar-refractivity contribution in [1.82, 2.24) is 5.48 Å². The molecule has 0 heterocycles. The molecule has 2 N–H and O–H groups in total. The first kappa shape index (κ1) is 13.3. The van der Waals surface area contributed by atoms with Crippen LogP contribution in [0.2, 0.25) is 0 Å². The maximum absolute atomic E-state index is 11.3. The monoisotopic (exact) mass is 231 g/mol. The fourth-order valence-corrected chi connectivity index (χ4v) is 1.41. The van der Waals surface area contributed by atoms with Crippen LogP contribution >= 0.6 is 0 Å². The van der Waals surface area contributed by atoms with Crippen molar-refractivity contribution in [3.8, 4) is 0 Å². The molecule has 1 amide bonds. The Morgan fingerprint density at radius 2 is 2.12 bits per heavy atom. The van der Waals surface area contributed by atoms with Gasteiger partial charge in [0.1, 0.15) is 5.60 Å². The molecule has 1 aliphatic carbocycles. The quantitative estimate of drug-likeness (QED) is 0.705. The van der Waals surface area contributed by atoms with Crippen molar-refractivity contribution >= 4 is 6.09 Å². The first-order valence-corrected chi connectivity index (χ1v) is 5.68. The van der Waals surface area contributed by atoms with Gasteiger partial charge in [0, 0.05) is 6.61 Å². The summed E-state index contributed by atoms with van der Waals surface area (Å²) in [6.45, 7) is 5.44. The predicted molar refractivity (Wildman–Crippen MR) is 58.7 cm³/mol. The van der Waals surface area contributed by atoms with E-state index in [1.165, 1.54) is 0 Å². The fourth-order valence-electron chi connectivity index (χ4n) is 1.41. The Balaban J connectivity index is 2.23. The number of carbonyl (C=O) groups excluding carboxylic acids is 1. The number of rotatable bonds is 5. The number of amides is 1. The van der Waals surface area contributed by atoms with E-state index in [0.717, 1.165) is 12.8 Å². The molecule has 1 aliphatic rings. The minimum absolute atomic E-state index is 0.0666. The number of aliphatic hydroxyl groups excluding tert-OH is 1. The summed E-state index contributed by atoms with van der Waals surface area (Å²) in [5.74, 6) is 0.460. The molecule has 1 rings (SSSR count). The number of carbonyl (C=O) groups is 1. The Kier molecular flexibility index (Phi) is 4.56. The van der Waals surface area contributed by atoms with Crippen molar-refractivity contribution in [2.45, 2.75) is 51.7 Å². The number of aliphatic hydroxyl groups is 1. The van der Waals surface area contributed by atoms with Crippen molar-refractivity contribution in [2.24, 2.45) is 5.92 Å². The van der Waals surface area contributed by atoms with Crippen LogP contribution < -0.4 is 5.48 Å². The highest BCUT2D eigenvalue weighted by molar-refractivity contribution is 5.66. The Morgan fingerprint density at radius 3 is 2.56 bits per heavy atom. The highest BCUT2D eigenvalue weighted by Crippen LogP contribution is 2.35. The van der Waals surface area contributed by atoms with Crippen molar-refractivity contribution in [1.29, 1.82) is 0 Å². The van der Waals surface area contributed by atoms with Crippen molar-refractivity contribution < 1.29 is 19.5 Å². The average Bonchev–Trinajstić information content (AvgIpc) is 2.92. The highest BCUT2D eigenvalue weighted by atomic mass is 16.7. The van der Waals surface area contributed by atoms with E-state index in [1.54, 1.807) is 20.8 Å². The molecular formula is C11H21NO4. The van der Waals surface area contributed by atoms with Gasteiger partial charge in [-0.15, -0.1) is 0 Å². The van der Waals surface area contributed by atoms with Crippen LogP contribution in [-0.4, -0.2) is 29.5 Å². The molecule has 1 saturated carbocycles. The summed E-state index contributed by atoms with van der Waals surface area (Å²) in [6, 6.07) is 0. The third kappa shape index (κ3) is 5.32. The van der Waals surface area contributed by atoms with Crippen molar-refractivity contribution in [2.75, 3.05) is 6.61 Å². The molecule has 0 saturated heterocycles. The lowest BCUT2D eigenvalue weighted by Gasteiger charge is -2.21. The van der Waals surface area contributed by atoms with E-state index in [-0.39, 0.29) is 12.7 Å². The van der Waals surface area contributed by atoms with Gasteiger partial charge in [-0.1, -0.05) is 0 Å². The number of hydrogen-bond acceptors (Lipinski definition) is 4. The molecule has 0 radical (unpaired) electrons. The van der Waals surface area contributed by atoms with Gasteiger partial charge in [0.2, 0.25) is 0 Å². The first-order chi connectivity index (χ1) is 7.42. The van der Waals surface area contributed by atoms with Crippen LogP contribution in [-0.2, 0) is 9.57 Å². The zero-order valence-electron chi connectivity index (χ0n) is 10.2.